The molecule has 0 aromatic heterocycles. The third kappa shape index (κ3) is 4.70. The van der Waals surface area contributed by atoms with Crippen LogP contribution >= 0.6 is 0 Å². The zero-order chi connectivity index (χ0) is 18.4. The summed E-state index contributed by atoms with van der Waals surface area (Å²) in [6, 6.07) is 19.8. The van der Waals surface area contributed by atoms with Gasteiger partial charge in [0.1, 0.15) is 29.6 Å². The zero-order valence-electron chi connectivity index (χ0n) is 14.4. The molecule has 0 aliphatic carbocycles. The molecule has 0 bridgehead atoms. The maximum Gasteiger partial charge on any atom is 0.123 e. The number of phenols is 3. The number of ether oxygens (including phenoxy) is 1. The number of hydrogen-bond donors (Lipinski definition) is 3. The fourth-order valence-electron chi connectivity index (χ4n) is 2.82. The summed E-state index contributed by atoms with van der Waals surface area (Å²) in [6.45, 7) is 0.458. The van der Waals surface area contributed by atoms with E-state index in [9.17, 15) is 15.3 Å². The van der Waals surface area contributed by atoms with Crippen molar-refractivity contribution in [2.24, 2.45) is 0 Å². The van der Waals surface area contributed by atoms with E-state index in [0.717, 1.165) is 23.1 Å². The summed E-state index contributed by atoms with van der Waals surface area (Å²) in [5.41, 5.74) is 2.70. The predicted octanol–water partition coefficient (Wildman–Crippen LogP) is 4.56. The van der Waals surface area contributed by atoms with Crippen molar-refractivity contribution < 1.29 is 20.1 Å². The van der Waals surface area contributed by atoms with Gasteiger partial charge in [0.2, 0.25) is 0 Å². The van der Waals surface area contributed by atoms with E-state index in [1.54, 1.807) is 18.2 Å². The minimum absolute atomic E-state index is 0.0509. The molecule has 0 spiro atoms. The SMILES string of the molecule is Oc1ccc(CCCc2ccc(OCc3ccccc3)cc2O)c(O)c1. The molecule has 3 N–H and O–H groups in total. The molecule has 4 nitrogen and oxygen atoms in total. The number of hydrogen-bond acceptors (Lipinski definition) is 4. The van der Waals surface area contributed by atoms with Crippen LogP contribution in [0.3, 0.4) is 0 Å². The minimum Gasteiger partial charge on any atom is -0.508 e. The highest BCUT2D eigenvalue weighted by Gasteiger charge is 2.06. The summed E-state index contributed by atoms with van der Waals surface area (Å²) in [6.07, 6.45) is 2.12. The van der Waals surface area contributed by atoms with E-state index in [1.165, 1.54) is 6.07 Å². The molecule has 0 saturated heterocycles. The molecule has 0 saturated carbocycles. The number of phenolic OH excluding ortho intramolecular Hbond substituents is 3. The van der Waals surface area contributed by atoms with Gasteiger partial charge < -0.3 is 20.1 Å². The fraction of sp³-hybridized carbons (Fsp3) is 0.182. The lowest BCUT2D eigenvalue weighted by Gasteiger charge is -2.10. The third-order valence-electron chi connectivity index (χ3n) is 4.27. The Hall–Kier alpha value is -3.14. The lowest BCUT2D eigenvalue weighted by atomic mass is 10.0. The van der Waals surface area contributed by atoms with Gasteiger partial charge in [-0.25, -0.2) is 0 Å². The lowest BCUT2D eigenvalue weighted by molar-refractivity contribution is 0.304. The van der Waals surface area contributed by atoms with Gasteiger partial charge >= 0.3 is 0 Å². The minimum atomic E-state index is 0.0509. The number of benzene rings is 3. The van der Waals surface area contributed by atoms with Gasteiger partial charge in [0.25, 0.3) is 0 Å². The van der Waals surface area contributed by atoms with Crippen molar-refractivity contribution in [1.29, 1.82) is 0 Å². The Balaban J connectivity index is 1.54. The van der Waals surface area contributed by atoms with E-state index in [0.29, 0.717) is 25.2 Å². The first-order chi connectivity index (χ1) is 12.6. The first-order valence-corrected chi connectivity index (χ1v) is 8.61. The molecular weight excluding hydrogens is 328 g/mol. The van der Waals surface area contributed by atoms with Gasteiger partial charge in [-0.1, -0.05) is 42.5 Å². The largest absolute Gasteiger partial charge is 0.508 e. The highest BCUT2D eigenvalue weighted by atomic mass is 16.5. The standard InChI is InChI=1S/C22H22O4/c23-19-11-9-17(21(24)13-19)7-4-8-18-10-12-20(14-22(18)25)26-15-16-5-2-1-3-6-16/h1-3,5-6,9-14,23-25H,4,7-8,15H2. The Bertz CT molecular complexity index is 859. The molecule has 3 rings (SSSR count). The van der Waals surface area contributed by atoms with Gasteiger partial charge in [0.15, 0.2) is 0 Å². The highest BCUT2D eigenvalue weighted by molar-refractivity contribution is 5.41. The van der Waals surface area contributed by atoms with Crippen LogP contribution < -0.4 is 4.74 Å². The van der Waals surface area contributed by atoms with Crippen molar-refractivity contribution in [2.45, 2.75) is 25.9 Å². The molecule has 0 aliphatic heterocycles. The van der Waals surface area contributed by atoms with Crippen LogP contribution in [0.25, 0.3) is 0 Å². The quantitative estimate of drug-likeness (QED) is 0.584. The first kappa shape index (κ1) is 17.7. The molecule has 0 unspecified atom stereocenters. The van der Waals surface area contributed by atoms with E-state index in [-0.39, 0.29) is 17.2 Å². The molecule has 3 aromatic rings. The maximum absolute atomic E-state index is 10.2. The summed E-state index contributed by atoms with van der Waals surface area (Å²) in [4.78, 5) is 0. The Kier molecular flexibility index (Phi) is 5.64. The molecule has 0 radical (unpaired) electrons. The lowest BCUT2D eigenvalue weighted by Crippen LogP contribution is -1.96. The van der Waals surface area contributed by atoms with E-state index in [1.807, 2.05) is 42.5 Å². The van der Waals surface area contributed by atoms with Crippen LogP contribution in [0.4, 0.5) is 0 Å². The molecule has 0 aliphatic rings. The van der Waals surface area contributed by atoms with Crippen molar-refractivity contribution in [3.05, 3.63) is 83.4 Å². The van der Waals surface area contributed by atoms with Crippen LogP contribution in [0.2, 0.25) is 0 Å². The van der Waals surface area contributed by atoms with Gasteiger partial charge in [-0.3, -0.25) is 0 Å². The Morgan fingerprint density at radius 2 is 1.35 bits per heavy atom. The maximum atomic E-state index is 10.2. The number of aromatic hydroxyl groups is 3. The van der Waals surface area contributed by atoms with Gasteiger partial charge in [0, 0.05) is 12.1 Å². The van der Waals surface area contributed by atoms with E-state index in [4.69, 9.17) is 4.74 Å². The molecule has 0 heterocycles. The topological polar surface area (TPSA) is 69.9 Å². The van der Waals surface area contributed by atoms with Crippen molar-refractivity contribution in [1.82, 2.24) is 0 Å². The van der Waals surface area contributed by atoms with Crippen LogP contribution in [0.15, 0.2) is 66.7 Å². The number of aryl methyl sites for hydroxylation is 2. The summed E-state index contributed by atoms with van der Waals surface area (Å²) >= 11 is 0. The van der Waals surface area contributed by atoms with E-state index >= 15 is 0 Å². The second-order valence-corrected chi connectivity index (χ2v) is 6.23. The van der Waals surface area contributed by atoms with Crippen LogP contribution in [-0.2, 0) is 19.4 Å². The summed E-state index contributed by atoms with van der Waals surface area (Å²) in [5, 5.41) is 29.3. The van der Waals surface area contributed by atoms with Crippen molar-refractivity contribution in [3.8, 4) is 23.0 Å². The second-order valence-electron chi connectivity index (χ2n) is 6.23. The molecule has 0 amide bonds. The molecule has 3 aromatic carbocycles. The summed E-state index contributed by atoms with van der Waals surface area (Å²) in [5.74, 6) is 0.991. The Morgan fingerprint density at radius 1 is 0.692 bits per heavy atom. The zero-order valence-corrected chi connectivity index (χ0v) is 14.4. The van der Waals surface area contributed by atoms with E-state index in [2.05, 4.69) is 0 Å². The Morgan fingerprint density at radius 3 is 2.00 bits per heavy atom. The molecular formula is C22H22O4. The average Bonchev–Trinajstić information content (AvgIpc) is 2.64. The van der Waals surface area contributed by atoms with Gasteiger partial charge in [-0.15, -0.1) is 0 Å². The Labute approximate surface area is 153 Å². The van der Waals surface area contributed by atoms with Gasteiger partial charge in [0.05, 0.1) is 0 Å². The van der Waals surface area contributed by atoms with Gasteiger partial charge in [-0.05, 0) is 48.1 Å². The smallest absolute Gasteiger partial charge is 0.123 e. The van der Waals surface area contributed by atoms with Crippen LogP contribution in [0, 0.1) is 0 Å². The normalized spacial score (nSPS) is 10.6. The molecule has 0 atom stereocenters. The second kappa shape index (κ2) is 8.30. The van der Waals surface area contributed by atoms with Gasteiger partial charge in [-0.2, -0.15) is 0 Å². The fourth-order valence-corrected chi connectivity index (χ4v) is 2.82. The van der Waals surface area contributed by atoms with Crippen LogP contribution in [0.1, 0.15) is 23.1 Å². The van der Waals surface area contributed by atoms with E-state index < -0.39 is 0 Å². The van der Waals surface area contributed by atoms with Crippen molar-refractivity contribution in [2.75, 3.05) is 0 Å². The van der Waals surface area contributed by atoms with Crippen LogP contribution in [-0.4, -0.2) is 15.3 Å². The molecule has 134 valence electrons. The number of rotatable bonds is 7. The highest BCUT2D eigenvalue weighted by Crippen LogP contribution is 2.27. The first-order valence-electron chi connectivity index (χ1n) is 8.61. The summed E-state index contributed by atoms with van der Waals surface area (Å²) < 4.78 is 5.71. The van der Waals surface area contributed by atoms with Crippen LogP contribution in [0.5, 0.6) is 23.0 Å². The van der Waals surface area contributed by atoms with Crippen molar-refractivity contribution in [3.63, 3.8) is 0 Å². The summed E-state index contributed by atoms with van der Waals surface area (Å²) in [7, 11) is 0. The molecule has 4 heteroatoms. The third-order valence-corrected chi connectivity index (χ3v) is 4.27. The predicted molar refractivity (Wildman–Crippen MR) is 101 cm³/mol. The molecule has 0 fully saturated rings. The monoisotopic (exact) mass is 350 g/mol. The molecule has 26 heavy (non-hydrogen) atoms. The average molecular weight is 350 g/mol. The van der Waals surface area contributed by atoms with Crippen molar-refractivity contribution >= 4 is 0 Å².